The standard InChI is InChI=1S/C30H35N5O3/c1-38-18-26-21-15-16-35(27(21)20-11-5-7-13-23(20)32-26)30(37)22-12-6-8-14-24(22)34-29(36)25-17-31-28(33-25)19-9-3-2-4-10-19/h2-5,7,9-11,13,17,21-22,24,26-27,32H,6,8,12,14-16,18H2,1H3,(H,31,33)(H,34,36)/t21-,22-,24+,26-,27-/m0/s1. The molecule has 198 valence electrons. The first-order chi connectivity index (χ1) is 18.6. The van der Waals surface area contributed by atoms with Crippen LogP contribution in [0.4, 0.5) is 5.69 Å². The minimum absolute atomic E-state index is 0.0272. The van der Waals surface area contributed by atoms with Crippen molar-refractivity contribution in [3.63, 3.8) is 0 Å². The Labute approximate surface area is 223 Å². The van der Waals surface area contributed by atoms with Crippen molar-refractivity contribution in [2.75, 3.05) is 25.6 Å². The molecule has 0 radical (unpaired) electrons. The van der Waals surface area contributed by atoms with Crippen molar-refractivity contribution < 1.29 is 14.3 Å². The Balaban J connectivity index is 1.20. The summed E-state index contributed by atoms with van der Waals surface area (Å²) in [5.41, 5.74) is 3.60. The highest BCUT2D eigenvalue weighted by molar-refractivity contribution is 5.93. The zero-order chi connectivity index (χ0) is 26.1. The van der Waals surface area contributed by atoms with E-state index < -0.39 is 0 Å². The topological polar surface area (TPSA) is 99.3 Å². The van der Waals surface area contributed by atoms with Gasteiger partial charge in [-0.3, -0.25) is 9.59 Å². The predicted octanol–water partition coefficient (Wildman–Crippen LogP) is 4.40. The molecule has 3 N–H and O–H groups in total. The Hall–Kier alpha value is -3.65. The third-order valence-corrected chi connectivity index (χ3v) is 8.48. The average molecular weight is 514 g/mol. The summed E-state index contributed by atoms with van der Waals surface area (Å²) in [6.45, 7) is 1.33. The van der Waals surface area contributed by atoms with Crippen LogP contribution in [0.1, 0.15) is 54.2 Å². The Kier molecular flexibility index (Phi) is 6.89. The number of methoxy groups -OCH3 is 1. The van der Waals surface area contributed by atoms with Crippen LogP contribution in [0, 0.1) is 11.8 Å². The van der Waals surface area contributed by atoms with Gasteiger partial charge >= 0.3 is 0 Å². The van der Waals surface area contributed by atoms with Crippen molar-refractivity contribution >= 4 is 17.5 Å². The lowest BCUT2D eigenvalue weighted by atomic mass is 9.81. The fourth-order valence-electron chi connectivity index (χ4n) is 6.66. The number of nitrogens with zero attached hydrogens (tertiary/aromatic N) is 2. The van der Waals surface area contributed by atoms with Crippen LogP contribution < -0.4 is 10.6 Å². The molecule has 0 spiro atoms. The number of para-hydroxylation sites is 1. The van der Waals surface area contributed by atoms with Gasteiger partial charge in [0.1, 0.15) is 11.5 Å². The van der Waals surface area contributed by atoms with Crippen LogP contribution in [0.2, 0.25) is 0 Å². The van der Waals surface area contributed by atoms with Gasteiger partial charge in [-0.05, 0) is 30.9 Å². The second-order valence-electron chi connectivity index (χ2n) is 10.7. The van der Waals surface area contributed by atoms with Gasteiger partial charge in [-0.1, -0.05) is 61.4 Å². The fourth-order valence-corrected chi connectivity index (χ4v) is 6.66. The molecule has 3 aliphatic rings. The van der Waals surface area contributed by atoms with Crippen LogP contribution in [0.5, 0.6) is 0 Å². The Morgan fingerprint density at radius 1 is 1.05 bits per heavy atom. The molecule has 1 saturated carbocycles. The molecule has 0 unspecified atom stereocenters. The minimum Gasteiger partial charge on any atom is -0.383 e. The van der Waals surface area contributed by atoms with Crippen LogP contribution in [0.3, 0.4) is 0 Å². The second kappa shape index (κ2) is 10.6. The number of imidazole rings is 1. The number of ether oxygens (including phenoxy) is 1. The number of likely N-dealkylation sites (tertiary alicyclic amines) is 1. The molecule has 3 heterocycles. The molecule has 3 aromatic rings. The smallest absolute Gasteiger partial charge is 0.269 e. The maximum absolute atomic E-state index is 14.1. The number of fused-ring (bicyclic) bond motifs is 3. The molecular weight excluding hydrogens is 478 g/mol. The fraction of sp³-hybridized carbons (Fsp3) is 0.433. The maximum Gasteiger partial charge on any atom is 0.269 e. The highest BCUT2D eigenvalue weighted by Crippen LogP contribution is 2.47. The molecule has 38 heavy (non-hydrogen) atoms. The van der Waals surface area contributed by atoms with Gasteiger partial charge in [-0.15, -0.1) is 0 Å². The summed E-state index contributed by atoms with van der Waals surface area (Å²) in [4.78, 5) is 37.0. The second-order valence-corrected chi connectivity index (χ2v) is 10.7. The highest BCUT2D eigenvalue weighted by atomic mass is 16.5. The van der Waals surface area contributed by atoms with Crippen LogP contribution in [0.25, 0.3) is 11.4 Å². The number of aromatic nitrogens is 2. The Bertz CT molecular complexity index is 1290. The molecular formula is C30H35N5O3. The monoisotopic (exact) mass is 513 g/mol. The van der Waals surface area contributed by atoms with Gasteiger partial charge in [-0.2, -0.15) is 0 Å². The van der Waals surface area contributed by atoms with Gasteiger partial charge in [0.2, 0.25) is 5.91 Å². The first-order valence-corrected chi connectivity index (χ1v) is 13.7. The summed E-state index contributed by atoms with van der Waals surface area (Å²) in [6.07, 6.45) is 6.10. The van der Waals surface area contributed by atoms with E-state index >= 15 is 0 Å². The third-order valence-electron chi connectivity index (χ3n) is 8.48. The molecule has 1 aromatic heterocycles. The number of rotatable bonds is 6. The summed E-state index contributed by atoms with van der Waals surface area (Å²) in [6, 6.07) is 18.0. The number of benzene rings is 2. The van der Waals surface area contributed by atoms with E-state index in [-0.39, 0.29) is 35.9 Å². The summed E-state index contributed by atoms with van der Waals surface area (Å²) in [5.74, 6) is 0.670. The third kappa shape index (κ3) is 4.58. The van der Waals surface area contributed by atoms with Crippen molar-refractivity contribution in [2.45, 2.75) is 50.2 Å². The number of amides is 2. The van der Waals surface area contributed by atoms with Crippen molar-refractivity contribution in [3.8, 4) is 11.4 Å². The van der Waals surface area contributed by atoms with Crippen LogP contribution >= 0.6 is 0 Å². The van der Waals surface area contributed by atoms with Crippen LogP contribution in [-0.4, -0.2) is 59.0 Å². The molecule has 1 aliphatic carbocycles. The molecule has 2 fully saturated rings. The zero-order valence-corrected chi connectivity index (χ0v) is 21.7. The predicted molar refractivity (Wildman–Crippen MR) is 146 cm³/mol. The summed E-state index contributed by atoms with van der Waals surface area (Å²) >= 11 is 0. The van der Waals surface area contributed by atoms with E-state index in [9.17, 15) is 9.59 Å². The van der Waals surface area contributed by atoms with E-state index in [4.69, 9.17) is 4.74 Å². The summed E-state index contributed by atoms with van der Waals surface area (Å²) in [7, 11) is 1.73. The van der Waals surface area contributed by atoms with E-state index in [2.05, 4.69) is 37.6 Å². The number of aromatic amines is 1. The van der Waals surface area contributed by atoms with Crippen LogP contribution in [-0.2, 0) is 9.53 Å². The van der Waals surface area contributed by atoms with Gasteiger partial charge in [-0.25, -0.2) is 4.98 Å². The molecule has 5 atom stereocenters. The molecule has 8 nitrogen and oxygen atoms in total. The van der Waals surface area contributed by atoms with E-state index in [0.29, 0.717) is 24.0 Å². The van der Waals surface area contributed by atoms with E-state index in [1.807, 2.05) is 42.5 Å². The Morgan fingerprint density at radius 3 is 2.68 bits per heavy atom. The summed E-state index contributed by atoms with van der Waals surface area (Å²) in [5, 5.41) is 6.83. The lowest BCUT2D eigenvalue weighted by molar-refractivity contribution is -0.139. The number of hydrogen-bond acceptors (Lipinski definition) is 5. The normalized spacial score (nSPS) is 26.2. The van der Waals surface area contributed by atoms with Gasteiger partial charge in [0.25, 0.3) is 5.91 Å². The number of H-pyrrole nitrogens is 1. The number of carbonyl (C=O) groups is 2. The SMILES string of the molecule is COC[C@@H]1Nc2ccccc2[C@H]2[C@H]1CCN2C(=O)[C@H]1CCCC[C@H]1NC(=O)c1cnc(-c2ccccc2)[nH]1. The number of carbonyl (C=O) groups excluding carboxylic acids is 2. The lowest BCUT2D eigenvalue weighted by Gasteiger charge is -2.41. The first kappa shape index (κ1) is 24.7. The van der Waals surface area contributed by atoms with Crippen molar-refractivity contribution in [1.29, 1.82) is 0 Å². The molecule has 2 aromatic carbocycles. The van der Waals surface area contributed by atoms with Gasteiger partial charge in [0, 0.05) is 36.9 Å². The number of anilines is 1. The van der Waals surface area contributed by atoms with E-state index in [1.165, 1.54) is 5.56 Å². The molecule has 6 rings (SSSR count). The first-order valence-electron chi connectivity index (χ1n) is 13.7. The van der Waals surface area contributed by atoms with Crippen molar-refractivity contribution in [2.24, 2.45) is 11.8 Å². The zero-order valence-electron chi connectivity index (χ0n) is 21.7. The molecule has 2 aliphatic heterocycles. The van der Waals surface area contributed by atoms with E-state index in [0.717, 1.165) is 49.9 Å². The maximum atomic E-state index is 14.1. The van der Waals surface area contributed by atoms with Gasteiger partial charge in [0.05, 0.1) is 30.8 Å². The highest BCUT2D eigenvalue weighted by Gasteiger charge is 2.48. The largest absolute Gasteiger partial charge is 0.383 e. The molecule has 0 bridgehead atoms. The quantitative estimate of drug-likeness (QED) is 0.454. The molecule has 1 saturated heterocycles. The average Bonchev–Trinajstić information content (AvgIpc) is 3.63. The minimum atomic E-state index is -0.231. The molecule has 8 heteroatoms. The van der Waals surface area contributed by atoms with Crippen molar-refractivity contribution in [3.05, 3.63) is 72.1 Å². The number of hydrogen-bond donors (Lipinski definition) is 3. The van der Waals surface area contributed by atoms with Gasteiger partial charge < -0.3 is 25.3 Å². The van der Waals surface area contributed by atoms with Crippen molar-refractivity contribution in [1.82, 2.24) is 20.2 Å². The lowest BCUT2D eigenvalue weighted by Crippen LogP contribution is -2.50. The summed E-state index contributed by atoms with van der Waals surface area (Å²) < 4.78 is 5.53. The van der Waals surface area contributed by atoms with Crippen LogP contribution in [0.15, 0.2) is 60.8 Å². The van der Waals surface area contributed by atoms with Gasteiger partial charge in [0.15, 0.2) is 0 Å². The number of nitrogens with one attached hydrogen (secondary N) is 3. The molecule has 2 amide bonds. The Morgan fingerprint density at radius 2 is 1.84 bits per heavy atom. The van der Waals surface area contributed by atoms with E-state index in [1.54, 1.807) is 13.3 Å².